The zero-order chi connectivity index (χ0) is 42.7. The van der Waals surface area contributed by atoms with Gasteiger partial charge >= 0.3 is 46.9 Å². The molecule has 0 saturated heterocycles. The van der Waals surface area contributed by atoms with E-state index in [1.54, 1.807) is 13.4 Å². The van der Waals surface area contributed by atoms with Gasteiger partial charge < -0.3 is 83.8 Å². The number of carbonyl (C=O) groups is 5. The van der Waals surface area contributed by atoms with Crippen LogP contribution in [0, 0.1) is 0 Å². The van der Waals surface area contributed by atoms with E-state index in [0.717, 1.165) is 18.6 Å². The van der Waals surface area contributed by atoms with Gasteiger partial charge in [0.25, 0.3) is 0 Å². The second-order valence-electron chi connectivity index (χ2n) is 8.52. The van der Waals surface area contributed by atoms with Crippen molar-refractivity contribution in [1.82, 2.24) is 26.6 Å². The Kier molecular flexibility index (Phi) is 70.9. The Hall–Kier alpha value is -5.57. The molecule has 0 unspecified atom stereocenters. The van der Waals surface area contributed by atoms with Crippen LogP contribution < -0.4 is 26.6 Å². The zero-order valence-electron chi connectivity index (χ0n) is 31.7. The van der Waals surface area contributed by atoms with Crippen LogP contribution >= 0.6 is 0 Å². The predicted octanol–water partition coefficient (Wildman–Crippen LogP) is -2.54. The molecule has 0 spiro atoms. The Bertz CT molecular complexity index is 820. The average molecular weight is 834 g/mol. The van der Waals surface area contributed by atoms with Crippen LogP contribution in [-0.2, 0) is 98.2 Å². The molecule has 0 bridgehead atoms. The fraction of sp³-hybridized carbons (Fsp3) is 0.594. The van der Waals surface area contributed by atoms with Gasteiger partial charge in [0, 0.05) is 6.42 Å². The van der Waals surface area contributed by atoms with E-state index in [-0.39, 0.29) is 112 Å². The molecule has 5 amide bonds. The topological polar surface area (TPSA) is 303 Å². The second-order valence-corrected chi connectivity index (χ2v) is 8.52. The molecule has 0 radical (unpaired) electrons. The molecular weight excluding hydrogens is 782 g/mol. The molecule has 0 rings (SSSR count). The number of hydrogen-bond donors (Lipinski definition) is 5. The summed E-state index contributed by atoms with van der Waals surface area (Å²) in [6.45, 7) is 5.03. The van der Waals surface area contributed by atoms with Gasteiger partial charge in [-0.2, -0.15) is 38.5 Å². The molecule has 55 heavy (non-hydrogen) atoms. The number of amides is 5. The minimum Gasteiger partial charge on any atom is -0.542 e. The summed E-state index contributed by atoms with van der Waals surface area (Å²) in [5.41, 5.74) is 0. The summed E-state index contributed by atoms with van der Waals surface area (Å²) < 4.78 is 26.2. The third-order valence-corrected chi connectivity index (χ3v) is 4.79. The predicted molar refractivity (Wildman–Crippen MR) is 187 cm³/mol. The van der Waals surface area contributed by atoms with Crippen molar-refractivity contribution in [2.24, 2.45) is 0 Å². The first-order valence-corrected chi connectivity index (χ1v) is 15.3. The molecule has 22 nitrogen and oxygen atoms in total. The smallest absolute Gasteiger partial charge is 0.542 e. The molecule has 0 saturated carbocycles. The maximum absolute atomic E-state index is 10.3. The van der Waals surface area contributed by atoms with Gasteiger partial charge in [-0.05, 0) is 32.7 Å². The van der Waals surface area contributed by atoms with E-state index >= 15 is 0 Å². The SMILES string of the molecule is C=C(CCC[C-]=O)OC.COC(=O)CCN[C-]=O.COC(=O)CCN[C-]=O.COC(=O)CCN[C-]=O.COC(=O)CCN[C-]=O.COC(=O)CCN[C-]=O.[Fe+6]. The zero-order valence-corrected chi connectivity index (χ0v) is 32.8. The summed E-state index contributed by atoms with van der Waals surface area (Å²) in [6.07, 6.45) is 12.0. The molecule has 0 fully saturated rings. The van der Waals surface area contributed by atoms with Gasteiger partial charge in [-0.25, -0.2) is 0 Å². The van der Waals surface area contributed by atoms with E-state index in [4.69, 9.17) is 4.74 Å². The van der Waals surface area contributed by atoms with Gasteiger partial charge in [0.2, 0.25) is 0 Å². The average Bonchev–Trinajstić information content (AvgIpc) is 3.19. The van der Waals surface area contributed by atoms with E-state index in [0.29, 0.717) is 6.42 Å². The van der Waals surface area contributed by atoms with Gasteiger partial charge in [-0.1, -0.05) is 13.0 Å². The number of carbonyl (C=O) groups excluding carboxylic acids is 11. The van der Waals surface area contributed by atoms with Crippen molar-refractivity contribution in [2.45, 2.75) is 51.4 Å². The number of hydrogen-bond acceptors (Lipinski definition) is 17. The first-order chi connectivity index (χ1) is 25.8. The third kappa shape index (κ3) is 78.7. The Balaban J connectivity index is -0.000000100. The third-order valence-electron chi connectivity index (χ3n) is 4.79. The van der Waals surface area contributed by atoms with Gasteiger partial charge in [-0.3, -0.25) is 30.3 Å². The maximum Gasteiger partial charge on any atom is 6.00 e. The van der Waals surface area contributed by atoms with E-state index in [1.165, 1.54) is 67.6 Å². The van der Waals surface area contributed by atoms with Crippen LogP contribution in [0.2, 0.25) is 0 Å². The summed E-state index contributed by atoms with van der Waals surface area (Å²) in [5.74, 6) is -0.950. The molecule has 5 N–H and O–H groups in total. The van der Waals surface area contributed by atoms with E-state index in [9.17, 15) is 52.7 Å². The van der Waals surface area contributed by atoms with Gasteiger partial charge in [0.1, 0.15) is 0 Å². The van der Waals surface area contributed by atoms with Gasteiger partial charge in [-0.15, -0.1) is 0 Å². The fourth-order valence-corrected chi connectivity index (χ4v) is 2.05. The number of ether oxygens (including phenoxy) is 6. The minimum atomic E-state index is -0.335. The summed E-state index contributed by atoms with van der Waals surface area (Å²) >= 11 is 0. The molecule has 0 aromatic rings. The van der Waals surface area contributed by atoms with Crippen molar-refractivity contribution in [3.05, 3.63) is 12.3 Å². The standard InChI is InChI=1S/C7H11O2.5C5H8NO3.Fe/c1-7(9-2)5-3-4-6-8;5*1-9-5(8)2-3-6-4-7;/h1,3-5H2,2H3;5*2-3H2,1H3,(H,6,7);/q6*-1;+6. The van der Waals surface area contributed by atoms with E-state index in [1.807, 2.05) is 0 Å². The summed E-state index contributed by atoms with van der Waals surface area (Å²) in [4.78, 5) is 109. The van der Waals surface area contributed by atoms with Crippen LogP contribution in [0.4, 0.5) is 0 Å². The minimum absolute atomic E-state index is 0. The first kappa shape index (κ1) is 64.4. The fourth-order valence-electron chi connectivity index (χ4n) is 2.05. The molecule has 0 aromatic carbocycles. The molecule has 314 valence electrons. The molecular formula is C32H51FeN5O17. The number of methoxy groups -OCH3 is 6. The number of allylic oxidation sites excluding steroid dienone is 1. The van der Waals surface area contributed by atoms with Crippen LogP contribution in [0.5, 0.6) is 0 Å². The normalized spacial score (nSPS) is 8.04. The van der Waals surface area contributed by atoms with Crippen molar-refractivity contribution in [3.63, 3.8) is 0 Å². The molecule has 0 aliphatic heterocycles. The molecule has 0 aliphatic carbocycles. The Morgan fingerprint density at radius 2 is 0.636 bits per heavy atom. The largest absolute Gasteiger partial charge is 6.00 e. The summed E-state index contributed by atoms with van der Waals surface area (Å²) in [7, 11) is 8.07. The van der Waals surface area contributed by atoms with Crippen molar-refractivity contribution in [1.29, 1.82) is 0 Å². The number of esters is 5. The summed E-state index contributed by atoms with van der Waals surface area (Å²) in [5, 5.41) is 11.0. The van der Waals surface area contributed by atoms with Crippen LogP contribution in [0.25, 0.3) is 0 Å². The van der Waals surface area contributed by atoms with Gasteiger partial charge in [0.05, 0.1) is 80.5 Å². The molecule has 0 aromatic heterocycles. The summed E-state index contributed by atoms with van der Waals surface area (Å²) in [6, 6.07) is 0. The molecule has 23 heteroatoms. The Labute approximate surface area is 331 Å². The number of rotatable bonds is 25. The van der Waals surface area contributed by atoms with Crippen molar-refractivity contribution < 1.29 is 98.2 Å². The van der Waals surface area contributed by atoms with Crippen LogP contribution in [-0.4, -0.2) is 144 Å². The monoisotopic (exact) mass is 833 g/mol. The van der Waals surface area contributed by atoms with Crippen LogP contribution in [0.15, 0.2) is 12.3 Å². The Morgan fingerprint density at radius 1 is 0.418 bits per heavy atom. The molecule has 0 heterocycles. The van der Waals surface area contributed by atoms with Crippen LogP contribution in [0.3, 0.4) is 0 Å². The van der Waals surface area contributed by atoms with E-state index < -0.39 is 0 Å². The number of unbranched alkanes of at least 4 members (excludes halogenated alkanes) is 1. The van der Waals surface area contributed by atoms with Gasteiger partial charge in [0.15, 0.2) is 0 Å². The first-order valence-electron chi connectivity index (χ1n) is 15.3. The van der Waals surface area contributed by atoms with E-state index in [2.05, 4.69) is 56.8 Å². The quantitative estimate of drug-likeness (QED) is 0.0120. The maximum atomic E-state index is 10.3. The second kappa shape index (κ2) is 60.5. The van der Waals surface area contributed by atoms with Crippen molar-refractivity contribution >= 4 is 68.2 Å². The van der Waals surface area contributed by atoms with Crippen molar-refractivity contribution in [3.8, 4) is 0 Å². The number of nitrogens with one attached hydrogen (secondary N) is 5. The molecule has 0 atom stereocenters. The Morgan fingerprint density at radius 3 is 0.782 bits per heavy atom. The van der Waals surface area contributed by atoms with Crippen molar-refractivity contribution in [2.75, 3.05) is 75.4 Å². The molecule has 0 aliphatic rings. The van der Waals surface area contributed by atoms with Crippen LogP contribution in [0.1, 0.15) is 51.4 Å².